The molecule has 1 aromatic carbocycles. The van der Waals surface area contributed by atoms with Gasteiger partial charge >= 0.3 is 0 Å². The molecule has 0 aliphatic rings. The normalized spacial score (nSPS) is 10.9. The Balaban J connectivity index is 2.08. The van der Waals surface area contributed by atoms with Crippen molar-refractivity contribution >= 4 is 11.6 Å². The van der Waals surface area contributed by atoms with Gasteiger partial charge in [-0.1, -0.05) is 0 Å². The van der Waals surface area contributed by atoms with E-state index in [-0.39, 0.29) is 5.82 Å². The summed E-state index contributed by atoms with van der Waals surface area (Å²) in [4.78, 5) is 4.49. The Bertz CT molecular complexity index is 595. The SMILES string of the molecule is CCOCCCn1cc(C)nc1Nc1ccc(F)cc1C. The van der Waals surface area contributed by atoms with Crippen molar-refractivity contribution in [3.05, 3.63) is 41.5 Å². The molecular weight excluding hydrogens is 269 g/mol. The number of anilines is 2. The fourth-order valence-electron chi connectivity index (χ4n) is 2.19. The fourth-order valence-corrected chi connectivity index (χ4v) is 2.19. The Morgan fingerprint density at radius 3 is 2.86 bits per heavy atom. The van der Waals surface area contributed by atoms with E-state index in [0.717, 1.165) is 49.1 Å². The number of aromatic nitrogens is 2. The van der Waals surface area contributed by atoms with Gasteiger partial charge in [-0.2, -0.15) is 0 Å². The zero-order valence-corrected chi connectivity index (χ0v) is 12.8. The maximum absolute atomic E-state index is 13.1. The molecule has 0 unspecified atom stereocenters. The standard InChI is InChI=1S/C16H22FN3O/c1-4-21-9-5-8-20-11-13(3)18-16(20)19-15-7-6-14(17)10-12(15)2/h6-7,10-11H,4-5,8-9H2,1-3H3,(H,18,19). The first kappa shape index (κ1) is 15.5. The second kappa shape index (κ2) is 7.22. The third-order valence-electron chi connectivity index (χ3n) is 3.22. The van der Waals surface area contributed by atoms with E-state index in [0.29, 0.717) is 0 Å². The van der Waals surface area contributed by atoms with Crippen LogP contribution in [-0.4, -0.2) is 22.8 Å². The van der Waals surface area contributed by atoms with Gasteiger partial charge < -0.3 is 14.6 Å². The molecule has 114 valence electrons. The summed E-state index contributed by atoms with van der Waals surface area (Å²) in [6.07, 6.45) is 2.94. The second-order valence-electron chi connectivity index (χ2n) is 5.03. The summed E-state index contributed by atoms with van der Waals surface area (Å²) in [5, 5.41) is 3.27. The Kier molecular flexibility index (Phi) is 5.33. The molecule has 0 fully saturated rings. The number of aryl methyl sites for hydroxylation is 3. The van der Waals surface area contributed by atoms with Crippen molar-refractivity contribution in [2.75, 3.05) is 18.5 Å². The van der Waals surface area contributed by atoms with Crippen LogP contribution in [0, 0.1) is 19.7 Å². The number of hydrogen-bond acceptors (Lipinski definition) is 3. The molecule has 0 saturated heterocycles. The van der Waals surface area contributed by atoms with Gasteiger partial charge in [0.25, 0.3) is 0 Å². The summed E-state index contributed by atoms with van der Waals surface area (Å²) in [6, 6.07) is 4.70. The summed E-state index contributed by atoms with van der Waals surface area (Å²) in [5.41, 5.74) is 2.68. The minimum atomic E-state index is -0.228. The molecule has 0 amide bonds. The molecule has 1 heterocycles. The van der Waals surface area contributed by atoms with Gasteiger partial charge in [0.15, 0.2) is 0 Å². The van der Waals surface area contributed by atoms with Crippen LogP contribution in [0.5, 0.6) is 0 Å². The number of benzene rings is 1. The quantitative estimate of drug-likeness (QED) is 0.788. The topological polar surface area (TPSA) is 39.1 Å². The first-order valence-corrected chi connectivity index (χ1v) is 7.25. The van der Waals surface area contributed by atoms with E-state index in [4.69, 9.17) is 4.74 Å². The molecule has 2 aromatic rings. The molecule has 0 radical (unpaired) electrons. The van der Waals surface area contributed by atoms with Crippen LogP contribution in [0.3, 0.4) is 0 Å². The third kappa shape index (κ3) is 4.29. The van der Waals surface area contributed by atoms with Gasteiger partial charge in [0, 0.05) is 31.6 Å². The van der Waals surface area contributed by atoms with E-state index in [1.807, 2.05) is 27.0 Å². The van der Waals surface area contributed by atoms with Crippen molar-refractivity contribution in [1.29, 1.82) is 0 Å². The zero-order valence-electron chi connectivity index (χ0n) is 12.8. The van der Waals surface area contributed by atoms with Gasteiger partial charge in [0.2, 0.25) is 5.95 Å². The Morgan fingerprint density at radius 2 is 2.14 bits per heavy atom. The number of hydrogen-bond donors (Lipinski definition) is 1. The van der Waals surface area contributed by atoms with Crippen molar-refractivity contribution in [2.45, 2.75) is 33.7 Å². The largest absolute Gasteiger partial charge is 0.382 e. The Morgan fingerprint density at radius 1 is 1.33 bits per heavy atom. The van der Waals surface area contributed by atoms with Gasteiger partial charge in [-0.15, -0.1) is 0 Å². The smallest absolute Gasteiger partial charge is 0.207 e. The van der Waals surface area contributed by atoms with Crippen LogP contribution in [0.15, 0.2) is 24.4 Å². The van der Waals surface area contributed by atoms with Crippen molar-refractivity contribution in [3.63, 3.8) is 0 Å². The average Bonchev–Trinajstić information content (AvgIpc) is 2.78. The highest BCUT2D eigenvalue weighted by molar-refractivity contribution is 5.58. The number of nitrogens with one attached hydrogen (secondary N) is 1. The molecule has 4 nitrogen and oxygen atoms in total. The van der Waals surface area contributed by atoms with Crippen LogP contribution in [-0.2, 0) is 11.3 Å². The van der Waals surface area contributed by atoms with E-state index in [1.165, 1.54) is 12.1 Å². The number of ether oxygens (including phenoxy) is 1. The molecule has 0 aliphatic carbocycles. The van der Waals surface area contributed by atoms with Crippen LogP contribution in [0.1, 0.15) is 24.6 Å². The van der Waals surface area contributed by atoms with Crippen molar-refractivity contribution in [1.82, 2.24) is 9.55 Å². The highest BCUT2D eigenvalue weighted by Crippen LogP contribution is 2.21. The summed E-state index contributed by atoms with van der Waals surface area (Å²) >= 11 is 0. The summed E-state index contributed by atoms with van der Waals surface area (Å²) in [5.74, 6) is 0.549. The number of rotatable bonds is 7. The molecule has 0 spiro atoms. The molecule has 2 rings (SSSR count). The number of nitrogens with zero attached hydrogens (tertiary/aromatic N) is 2. The zero-order chi connectivity index (χ0) is 15.2. The monoisotopic (exact) mass is 291 g/mol. The lowest BCUT2D eigenvalue weighted by molar-refractivity contribution is 0.142. The van der Waals surface area contributed by atoms with Crippen LogP contribution in [0.25, 0.3) is 0 Å². The van der Waals surface area contributed by atoms with Gasteiger partial charge in [-0.3, -0.25) is 0 Å². The number of imidazole rings is 1. The van der Waals surface area contributed by atoms with Crippen molar-refractivity contribution in [3.8, 4) is 0 Å². The molecule has 0 atom stereocenters. The van der Waals surface area contributed by atoms with Crippen molar-refractivity contribution in [2.24, 2.45) is 0 Å². The van der Waals surface area contributed by atoms with Gasteiger partial charge in [-0.25, -0.2) is 9.37 Å². The average molecular weight is 291 g/mol. The molecule has 21 heavy (non-hydrogen) atoms. The summed E-state index contributed by atoms with van der Waals surface area (Å²) in [7, 11) is 0. The first-order valence-electron chi connectivity index (χ1n) is 7.25. The number of halogens is 1. The maximum atomic E-state index is 13.1. The van der Waals surface area contributed by atoms with E-state index >= 15 is 0 Å². The highest BCUT2D eigenvalue weighted by Gasteiger charge is 2.08. The fraction of sp³-hybridized carbons (Fsp3) is 0.438. The Labute approximate surface area is 125 Å². The summed E-state index contributed by atoms with van der Waals surface area (Å²) in [6.45, 7) is 8.14. The van der Waals surface area contributed by atoms with Gasteiger partial charge in [0.1, 0.15) is 5.82 Å². The molecule has 0 saturated carbocycles. The second-order valence-corrected chi connectivity index (χ2v) is 5.03. The first-order chi connectivity index (χ1) is 10.1. The van der Waals surface area contributed by atoms with E-state index in [1.54, 1.807) is 6.07 Å². The third-order valence-corrected chi connectivity index (χ3v) is 3.22. The molecule has 5 heteroatoms. The lowest BCUT2D eigenvalue weighted by atomic mass is 10.2. The van der Waals surface area contributed by atoms with Crippen molar-refractivity contribution < 1.29 is 9.13 Å². The summed E-state index contributed by atoms with van der Waals surface area (Å²) < 4.78 is 20.6. The van der Waals surface area contributed by atoms with Gasteiger partial charge in [0.05, 0.1) is 5.69 Å². The van der Waals surface area contributed by atoms with E-state index < -0.39 is 0 Å². The van der Waals surface area contributed by atoms with Crippen LogP contribution >= 0.6 is 0 Å². The predicted octanol–water partition coefficient (Wildman–Crippen LogP) is 3.81. The van der Waals surface area contributed by atoms with Crippen LogP contribution < -0.4 is 5.32 Å². The highest BCUT2D eigenvalue weighted by atomic mass is 19.1. The van der Waals surface area contributed by atoms with E-state index in [9.17, 15) is 4.39 Å². The minimum absolute atomic E-state index is 0.228. The molecule has 1 aromatic heterocycles. The molecule has 0 aliphatic heterocycles. The lowest BCUT2D eigenvalue weighted by Crippen LogP contribution is -2.06. The predicted molar refractivity (Wildman–Crippen MR) is 82.5 cm³/mol. The van der Waals surface area contributed by atoms with Crippen LogP contribution in [0.4, 0.5) is 16.0 Å². The van der Waals surface area contributed by atoms with Crippen LogP contribution in [0.2, 0.25) is 0 Å². The molecule has 1 N–H and O–H groups in total. The van der Waals surface area contributed by atoms with Gasteiger partial charge in [-0.05, 0) is 51.0 Å². The molecule has 0 bridgehead atoms. The maximum Gasteiger partial charge on any atom is 0.207 e. The Hall–Kier alpha value is -1.88. The molecular formula is C16H22FN3O. The minimum Gasteiger partial charge on any atom is -0.382 e. The van der Waals surface area contributed by atoms with E-state index in [2.05, 4.69) is 14.9 Å². The lowest BCUT2D eigenvalue weighted by Gasteiger charge is -2.11.